The van der Waals surface area contributed by atoms with Gasteiger partial charge in [-0.3, -0.25) is 0 Å². The number of alkyl halides is 2. The highest BCUT2D eigenvalue weighted by Crippen LogP contribution is 2.26. The number of halogens is 3. The molecule has 2 rings (SSSR count). The maximum Gasteiger partial charge on any atom is 0.387 e. The van der Waals surface area contributed by atoms with E-state index in [1.165, 1.54) is 12.1 Å². The lowest BCUT2D eigenvalue weighted by Gasteiger charge is -2.13. The van der Waals surface area contributed by atoms with Crippen molar-refractivity contribution in [2.24, 2.45) is 12.8 Å². The molecule has 0 amide bonds. The lowest BCUT2D eigenvalue weighted by molar-refractivity contribution is -0.0498. The van der Waals surface area contributed by atoms with Gasteiger partial charge in [0.05, 0.1) is 11.7 Å². The van der Waals surface area contributed by atoms with Gasteiger partial charge < -0.3 is 10.5 Å². The summed E-state index contributed by atoms with van der Waals surface area (Å²) in [4.78, 5) is 0. The molecule has 0 radical (unpaired) electrons. The van der Waals surface area contributed by atoms with Crippen molar-refractivity contribution in [2.75, 3.05) is 0 Å². The minimum absolute atomic E-state index is 0.0909. The first-order valence-electron chi connectivity index (χ1n) is 5.34. The van der Waals surface area contributed by atoms with Crippen molar-refractivity contribution >= 4 is 15.9 Å². The van der Waals surface area contributed by atoms with E-state index in [0.717, 1.165) is 5.56 Å². The van der Waals surface area contributed by atoms with Gasteiger partial charge in [-0.05, 0) is 33.6 Å². The summed E-state index contributed by atoms with van der Waals surface area (Å²) in [6.45, 7) is -2.84. The molecule has 102 valence electrons. The van der Waals surface area contributed by atoms with Crippen molar-refractivity contribution in [3.05, 3.63) is 40.1 Å². The zero-order valence-electron chi connectivity index (χ0n) is 9.93. The van der Waals surface area contributed by atoms with E-state index in [-0.39, 0.29) is 5.75 Å². The quantitative estimate of drug-likeness (QED) is 0.932. The molecule has 0 saturated carbocycles. The summed E-state index contributed by atoms with van der Waals surface area (Å²) in [7, 11) is 1.72. The molecule has 0 spiro atoms. The molecule has 2 aromatic rings. The predicted octanol–water partition coefficient (Wildman–Crippen LogP) is 2.23. The highest BCUT2D eigenvalue weighted by molar-refractivity contribution is 9.10. The molecule has 1 unspecified atom stereocenters. The highest BCUT2D eigenvalue weighted by Gasteiger charge is 2.18. The zero-order chi connectivity index (χ0) is 14.0. The molecule has 2 N–H and O–H groups in total. The number of benzene rings is 1. The second-order valence-corrected chi connectivity index (χ2v) is 4.57. The SMILES string of the molecule is Cn1nnc(Br)c1C(N)c1ccc(OC(F)F)cc1. The summed E-state index contributed by atoms with van der Waals surface area (Å²) in [5, 5.41) is 7.68. The number of hydrogen-bond donors (Lipinski definition) is 1. The third-order valence-electron chi connectivity index (χ3n) is 2.59. The molecule has 1 atom stereocenters. The molecule has 0 aliphatic rings. The van der Waals surface area contributed by atoms with Gasteiger partial charge >= 0.3 is 6.61 Å². The number of hydrogen-bond acceptors (Lipinski definition) is 4. The van der Waals surface area contributed by atoms with Crippen LogP contribution >= 0.6 is 15.9 Å². The minimum Gasteiger partial charge on any atom is -0.435 e. The largest absolute Gasteiger partial charge is 0.435 e. The molecule has 8 heteroatoms. The van der Waals surface area contributed by atoms with Crippen LogP contribution in [-0.2, 0) is 7.05 Å². The normalized spacial score (nSPS) is 12.7. The molecule has 5 nitrogen and oxygen atoms in total. The number of rotatable bonds is 4. The molecule has 0 aliphatic heterocycles. The summed E-state index contributed by atoms with van der Waals surface area (Å²) in [6, 6.07) is 5.68. The molecule has 0 bridgehead atoms. The van der Waals surface area contributed by atoms with Gasteiger partial charge in [-0.2, -0.15) is 8.78 Å². The molecule has 0 saturated heterocycles. The first kappa shape index (κ1) is 13.9. The molecule has 1 aromatic heterocycles. The van der Waals surface area contributed by atoms with Gasteiger partial charge in [0.25, 0.3) is 0 Å². The van der Waals surface area contributed by atoms with Crippen LogP contribution in [0.25, 0.3) is 0 Å². The van der Waals surface area contributed by atoms with Crippen molar-refractivity contribution < 1.29 is 13.5 Å². The van der Waals surface area contributed by atoms with Crippen molar-refractivity contribution in [3.63, 3.8) is 0 Å². The third-order valence-corrected chi connectivity index (χ3v) is 3.15. The summed E-state index contributed by atoms with van der Waals surface area (Å²) in [6.07, 6.45) is 0. The second kappa shape index (κ2) is 5.62. The van der Waals surface area contributed by atoms with Crippen molar-refractivity contribution in [1.29, 1.82) is 0 Å². The van der Waals surface area contributed by atoms with Crippen LogP contribution in [0.2, 0.25) is 0 Å². The molecular formula is C11H11BrF2N4O. The fourth-order valence-corrected chi connectivity index (χ4v) is 2.26. The van der Waals surface area contributed by atoms with E-state index in [1.54, 1.807) is 23.9 Å². The number of nitrogens with two attached hydrogens (primary N) is 1. The van der Waals surface area contributed by atoms with Crippen LogP contribution in [0.3, 0.4) is 0 Å². The molecule has 0 aliphatic carbocycles. The van der Waals surface area contributed by atoms with Crippen LogP contribution in [-0.4, -0.2) is 21.6 Å². The molecular weight excluding hydrogens is 322 g/mol. The zero-order valence-corrected chi connectivity index (χ0v) is 11.5. The van der Waals surface area contributed by atoms with Gasteiger partial charge in [-0.15, -0.1) is 5.10 Å². The first-order chi connectivity index (χ1) is 8.99. The summed E-state index contributed by atoms with van der Waals surface area (Å²) in [5.41, 5.74) is 7.53. The molecule has 1 aromatic carbocycles. The molecule has 1 heterocycles. The number of aromatic nitrogens is 3. The monoisotopic (exact) mass is 332 g/mol. The fourth-order valence-electron chi connectivity index (χ4n) is 1.68. The van der Waals surface area contributed by atoms with Gasteiger partial charge in [0.15, 0.2) is 4.60 Å². The van der Waals surface area contributed by atoms with E-state index in [9.17, 15) is 8.78 Å². The van der Waals surface area contributed by atoms with E-state index in [4.69, 9.17) is 5.73 Å². The Morgan fingerprint density at radius 1 is 1.32 bits per heavy atom. The summed E-state index contributed by atoms with van der Waals surface area (Å²) < 4.78 is 30.5. The van der Waals surface area contributed by atoms with E-state index < -0.39 is 12.7 Å². The number of aryl methyl sites for hydroxylation is 1. The Morgan fingerprint density at radius 3 is 2.42 bits per heavy atom. The topological polar surface area (TPSA) is 66.0 Å². The van der Waals surface area contributed by atoms with E-state index in [0.29, 0.717) is 10.3 Å². The highest BCUT2D eigenvalue weighted by atomic mass is 79.9. The Kier molecular flexibility index (Phi) is 4.11. The standard InChI is InChI=1S/C11H11BrF2N4O/c1-18-9(10(12)16-17-18)8(15)6-2-4-7(5-3-6)19-11(13)14/h2-5,8,11H,15H2,1H3. The summed E-state index contributed by atoms with van der Waals surface area (Å²) >= 11 is 3.26. The Morgan fingerprint density at radius 2 is 1.95 bits per heavy atom. The van der Waals surface area contributed by atoms with Crippen LogP contribution in [0.5, 0.6) is 5.75 Å². The van der Waals surface area contributed by atoms with Gasteiger partial charge in [0.2, 0.25) is 0 Å². The molecule has 0 fully saturated rings. The lowest BCUT2D eigenvalue weighted by atomic mass is 10.1. The van der Waals surface area contributed by atoms with Crippen molar-refractivity contribution in [3.8, 4) is 5.75 Å². The fraction of sp³-hybridized carbons (Fsp3) is 0.273. The van der Waals surface area contributed by atoms with Gasteiger partial charge in [-0.1, -0.05) is 17.3 Å². The maximum atomic E-state index is 12.0. The van der Waals surface area contributed by atoms with Crippen LogP contribution in [0.4, 0.5) is 8.78 Å². The van der Waals surface area contributed by atoms with Gasteiger partial charge in [-0.25, -0.2) is 4.68 Å². The van der Waals surface area contributed by atoms with Crippen LogP contribution in [0.15, 0.2) is 28.9 Å². The minimum atomic E-state index is -2.84. The number of ether oxygens (including phenoxy) is 1. The van der Waals surface area contributed by atoms with Crippen molar-refractivity contribution in [1.82, 2.24) is 15.0 Å². The van der Waals surface area contributed by atoms with Crippen LogP contribution in [0.1, 0.15) is 17.3 Å². The van der Waals surface area contributed by atoms with Crippen molar-refractivity contribution in [2.45, 2.75) is 12.7 Å². The summed E-state index contributed by atoms with van der Waals surface area (Å²) in [5.74, 6) is 0.0909. The predicted molar refractivity (Wildman–Crippen MR) is 67.8 cm³/mol. The number of nitrogens with zero attached hydrogens (tertiary/aromatic N) is 3. The van der Waals surface area contributed by atoms with Gasteiger partial charge in [0, 0.05) is 7.05 Å². The third kappa shape index (κ3) is 3.07. The van der Waals surface area contributed by atoms with E-state index >= 15 is 0 Å². The Labute approximate surface area is 116 Å². The average molecular weight is 333 g/mol. The Balaban J connectivity index is 2.23. The van der Waals surface area contributed by atoms with Crippen LogP contribution in [0, 0.1) is 0 Å². The van der Waals surface area contributed by atoms with Crippen LogP contribution < -0.4 is 10.5 Å². The maximum absolute atomic E-state index is 12.0. The Hall–Kier alpha value is -1.54. The van der Waals surface area contributed by atoms with E-state index in [1.807, 2.05) is 0 Å². The van der Waals surface area contributed by atoms with E-state index in [2.05, 4.69) is 31.0 Å². The smallest absolute Gasteiger partial charge is 0.387 e. The molecule has 19 heavy (non-hydrogen) atoms. The van der Waals surface area contributed by atoms with Gasteiger partial charge in [0.1, 0.15) is 5.75 Å². The first-order valence-corrected chi connectivity index (χ1v) is 6.13. The lowest BCUT2D eigenvalue weighted by Crippen LogP contribution is -2.16. The average Bonchev–Trinajstić information content (AvgIpc) is 2.68. The second-order valence-electron chi connectivity index (χ2n) is 3.81. The Bertz CT molecular complexity index is 539.